The molecule has 1 aromatic carbocycles. The molecule has 1 rings (SSSR count). The number of rotatable bonds is 9. The topological polar surface area (TPSA) is 41.1 Å². The number of carbonyl (C=O) groups is 1. The maximum Gasteiger partial charge on any atom is 0.227 e. The summed E-state index contributed by atoms with van der Waals surface area (Å²) in [4.78, 5) is 12.2. The first-order valence-electron chi connectivity index (χ1n) is 7.33. The zero-order chi connectivity index (χ0) is 13.9. The minimum absolute atomic E-state index is 0. The number of hydrogen-bond donors (Lipinski definition) is 2. The average Bonchev–Trinajstić information content (AvgIpc) is 2.45. The number of carbonyl (C=O) groups excluding carboxylic acids is 1. The summed E-state index contributed by atoms with van der Waals surface area (Å²) in [6, 6.07) is 10.0. The lowest BCUT2D eigenvalue weighted by molar-refractivity contribution is -0.122. The van der Waals surface area contributed by atoms with Crippen LogP contribution in [0, 0.1) is 0 Å². The molecule has 0 saturated heterocycles. The maximum absolute atomic E-state index is 12.2. The van der Waals surface area contributed by atoms with E-state index in [4.69, 9.17) is 0 Å². The fourth-order valence-corrected chi connectivity index (χ4v) is 2.12. The summed E-state index contributed by atoms with van der Waals surface area (Å²) < 4.78 is 0. The molecule has 1 unspecified atom stereocenters. The third kappa shape index (κ3) is 6.92. The smallest absolute Gasteiger partial charge is 0.227 e. The van der Waals surface area contributed by atoms with E-state index in [9.17, 15) is 4.79 Å². The van der Waals surface area contributed by atoms with Gasteiger partial charge in [0.25, 0.3) is 0 Å². The Labute approximate surface area is 128 Å². The van der Waals surface area contributed by atoms with Gasteiger partial charge >= 0.3 is 0 Å². The van der Waals surface area contributed by atoms with Crippen molar-refractivity contribution in [2.45, 2.75) is 39.0 Å². The van der Waals surface area contributed by atoms with Gasteiger partial charge < -0.3 is 10.6 Å². The molecule has 1 atom stereocenters. The van der Waals surface area contributed by atoms with Gasteiger partial charge in [0.2, 0.25) is 5.91 Å². The Hall–Kier alpha value is -1.06. The first-order valence-corrected chi connectivity index (χ1v) is 7.33. The Morgan fingerprint density at radius 1 is 1.05 bits per heavy atom. The number of benzene rings is 1. The second-order valence-corrected chi connectivity index (χ2v) is 4.79. The molecule has 2 N–H and O–H groups in total. The minimum Gasteiger partial charge on any atom is -0.354 e. The Balaban J connectivity index is 0.00000361. The van der Waals surface area contributed by atoms with Gasteiger partial charge in [0.1, 0.15) is 0 Å². The van der Waals surface area contributed by atoms with Gasteiger partial charge in [-0.05, 0) is 24.9 Å². The second kappa shape index (κ2) is 11.7. The van der Waals surface area contributed by atoms with Crippen molar-refractivity contribution in [2.75, 3.05) is 19.6 Å². The summed E-state index contributed by atoms with van der Waals surface area (Å²) in [5.41, 5.74) is 1.11. The lowest BCUT2D eigenvalue weighted by atomic mass is 9.94. The van der Waals surface area contributed by atoms with Crippen molar-refractivity contribution in [3.63, 3.8) is 0 Å². The Morgan fingerprint density at radius 2 is 1.75 bits per heavy atom. The zero-order valence-corrected chi connectivity index (χ0v) is 13.3. The van der Waals surface area contributed by atoms with E-state index in [1.54, 1.807) is 0 Å². The Kier molecular flexibility index (Phi) is 11.1. The number of halogens is 1. The Morgan fingerprint density at radius 3 is 2.35 bits per heavy atom. The van der Waals surface area contributed by atoms with Crippen molar-refractivity contribution in [1.82, 2.24) is 10.6 Å². The van der Waals surface area contributed by atoms with Gasteiger partial charge in [-0.3, -0.25) is 4.79 Å². The molecule has 0 spiro atoms. The molecule has 0 heterocycles. The van der Waals surface area contributed by atoms with Crippen LogP contribution in [0.15, 0.2) is 30.3 Å². The van der Waals surface area contributed by atoms with Gasteiger partial charge in [0, 0.05) is 13.1 Å². The van der Waals surface area contributed by atoms with E-state index in [0.29, 0.717) is 6.54 Å². The average molecular weight is 299 g/mol. The second-order valence-electron chi connectivity index (χ2n) is 4.79. The number of nitrogens with one attached hydrogen (secondary N) is 2. The monoisotopic (exact) mass is 298 g/mol. The van der Waals surface area contributed by atoms with Crippen molar-refractivity contribution < 1.29 is 4.79 Å². The predicted octanol–water partition coefficient (Wildman–Crippen LogP) is 3.11. The van der Waals surface area contributed by atoms with Gasteiger partial charge in [-0.2, -0.15) is 0 Å². The Bertz CT molecular complexity index is 357. The van der Waals surface area contributed by atoms with E-state index in [0.717, 1.165) is 37.9 Å². The lowest BCUT2D eigenvalue weighted by Gasteiger charge is -2.16. The van der Waals surface area contributed by atoms with Crippen molar-refractivity contribution in [2.24, 2.45) is 0 Å². The van der Waals surface area contributed by atoms with Gasteiger partial charge in [0.05, 0.1) is 5.92 Å². The first-order chi connectivity index (χ1) is 9.29. The molecular formula is C16H27ClN2O. The molecule has 0 fully saturated rings. The third-order valence-electron chi connectivity index (χ3n) is 3.12. The SMILES string of the molecule is CCCNCCNC(=O)C(CCC)c1ccccc1.Cl. The quantitative estimate of drug-likeness (QED) is 0.688. The molecule has 0 bridgehead atoms. The maximum atomic E-state index is 12.2. The van der Waals surface area contributed by atoms with E-state index in [1.807, 2.05) is 30.3 Å². The number of hydrogen-bond acceptors (Lipinski definition) is 2. The van der Waals surface area contributed by atoms with Crippen LogP contribution in [0.1, 0.15) is 44.6 Å². The molecule has 1 aromatic rings. The summed E-state index contributed by atoms with van der Waals surface area (Å²) in [5.74, 6) is 0.128. The van der Waals surface area contributed by atoms with Crippen LogP contribution in [0.2, 0.25) is 0 Å². The highest BCUT2D eigenvalue weighted by atomic mass is 35.5. The largest absolute Gasteiger partial charge is 0.354 e. The van der Waals surface area contributed by atoms with Crippen molar-refractivity contribution in [3.05, 3.63) is 35.9 Å². The predicted molar refractivity (Wildman–Crippen MR) is 87.5 cm³/mol. The molecule has 0 aliphatic rings. The number of amides is 1. The standard InChI is InChI=1S/C16H26N2O.ClH/c1-3-8-15(14-9-6-5-7-10-14)16(19)18-13-12-17-11-4-2;/h5-7,9-10,15,17H,3-4,8,11-13H2,1-2H3,(H,18,19);1H. The third-order valence-corrected chi connectivity index (χ3v) is 3.12. The van der Waals surface area contributed by atoms with Crippen molar-refractivity contribution in [1.29, 1.82) is 0 Å². The summed E-state index contributed by atoms with van der Waals surface area (Å²) in [5, 5.41) is 6.31. The van der Waals surface area contributed by atoms with E-state index >= 15 is 0 Å². The molecule has 0 aliphatic carbocycles. The lowest BCUT2D eigenvalue weighted by Crippen LogP contribution is -2.35. The molecule has 3 nitrogen and oxygen atoms in total. The highest BCUT2D eigenvalue weighted by Crippen LogP contribution is 2.21. The summed E-state index contributed by atoms with van der Waals surface area (Å²) in [7, 11) is 0. The molecule has 0 aliphatic heterocycles. The fraction of sp³-hybridized carbons (Fsp3) is 0.562. The van der Waals surface area contributed by atoms with Crippen LogP contribution in [0.3, 0.4) is 0 Å². The zero-order valence-electron chi connectivity index (χ0n) is 12.5. The molecule has 1 amide bonds. The van der Waals surface area contributed by atoms with Crippen LogP contribution in [-0.4, -0.2) is 25.5 Å². The van der Waals surface area contributed by atoms with Crippen LogP contribution in [0.4, 0.5) is 0 Å². The molecular weight excluding hydrogens is 272 g/mol. The fourth-order valence-electron chi connectivity index (χ4n) is 2.12. The first kappa shape index (κ1) is 18.9. The minimum atomic E-state index is -0.0163. The van der Waals surface area contributed by atoms with Crippen molar-refractivity contribution in [3.8, 4) is 0 Å². The van der Waals surface area contributed by atoms with Gasteiger partial charge in [-0.25, -0.2) is 0 Å². The van der Waals surface area contributed by atoms with Crippen LogP contribution >= 0.6 is 12.4 Å². The molecule has 114 valence electrons. The molecule has 4 heteroatoms. The molecule has 0 saturated carbocycles. The molecule has 20 heavy (non-hydrogen) atoms. The van der Waals surface area contributed by atoms with E-state index in [-0.39, 0.29) is 24.2 Å². The van der Waals surface area contributed by atoms with Gasteiger partial charge in [-0.15, -0.1) is 12.4 Å². The van der Waals surface area contributed by atoms with Crippen LogP contribution in [0.25, 0.3) is 0 Å². The van der Waals surface area contributed by atoms with Crippen LogP contribution in [-0.2, 0) is 4.79 Å². The van der Waals surface area contributed by atoms with Gasteiger partial charge in [-0.1, -0.05) is 50.6 Å². The van der Waals surface area contributed by atoms with E-state index < -0.39 is 0 Å². The molecule has 0 radical (unpaired) electrons. The summed E-state index contributed by atoms with van der Waals surface area (Å²) in [6.07, 6.45) is 3.04. The van der Waals surface area contributed by atoms with E-state index in [1.165, 1.54) is 0 Å². The highest BCUT2D eigenvalue weighted by molar-refractivity contribution is 5.85. The van der Waals surface area contributed by atoms with Crippen LogP contribution < -0.4 is 10.6 Å². The van der Waals surface area contributed by atoms with Crippen LogP contribution in [0.5, 0.6) is 0 Å². The summed E-state index contributed by atoms with van der Waals surface area (Å²) >= 11 is 0. The highest BCUT2D eigenvalue weighted by Gasteiger charge is 2.18. The summed E-state index contributed by atoms with van der Waals surface area (Å²) in [6.45, 7) is 6.80. The normalized spacial score (nSPS) is 11.5. The molecule has 0 aromatic heterocycles. The van der Waals surface area contributed by atoms with Gasteiger partial charge in [0.15, 0.2) is 0 Å². The van der Waals surface area contributed by atoms with Crippen molar-refractivity contribution >= 4 is 18.3 Å². The van der Waals surface area contributed by atoms with E-state index in [2.05, 4.69) is 24.5 Å².